The number of imidazole rings is 1. The van der Waals surface area contributed by atoms with Gasteiger partial charge in [0.25, 0.3) is 11.8 Å². The molecule has 0 aliphatic rings. The van der Waals surface area contributed by atoms with Crippen molar-refractivity contribution in [2.75, 3.05) is 19.5 Å². The first kappa shape index (κ1) is 13.2. The molecule has 4 N–H and O–H groups in total. The molecule has 0 saturated carbocycles. The second kappa shape index (κ2) is 6.00. The standard InChI is InChI=1S/C9H11N7O2/c1-11-8(17)5(3-10)15-16-7-6(9(18)12-2)13-4-14-7/h4,16H,1-2H3,(H,11,17)(H,12,18)(H,13,14). The summed E-state index contributed by atoms with van der Waals surface area (Å²) < 4.78 is 0. The predicted octanol–water partition coefficient (Wildman–Crippen LogP) is -1.19. The summed E-state index contributed by atoms with van der Waals surface area (Å²) in [5.41, 5.74) is 2.15. The van der Waals surface area contributed by atoms with Crippen molar-refractivity contribution in [1.82, 2.24) is 20.6 Å². The second-order valence-corrected chi connectivity index (χ2v) is 2.97. The number of H-pyrrole nitrogens is 1. The largest absolute Gasteiger partial charge is 0.354 e. The summed E-state index contributed by atoms with van der Waals surface area (Å²) in [6.45, 7) is 0. The molecule has 0 bridgehead atoms. The van der Waals surface area contributed by atoms with Crippen molar-refractivity contribution in [3.8, 4) is 6.07 Å². The van der Waals surface area contributed by atoms with Crippen LogP contribution in [0.5, 0.6) is 0 Å². The number of hydrazone groups is 1. The molecule has 0 unspecified atom stereocenters. The summed E-state index contributed by atoms with van der Waals surface area (Å²) in [6.07, 6.45) is 1.29. The topological polar surface area (TPSA) is 135 Å². The van der Waals surface area contributed by atoms with E-state index in [1.54, 1.807) is 6.07 Å². The third kappa shape index (κ3) is 2.82. The van der Waals surface area contributed by atoms with Gasteiger partial charge in [-0.2, -0.15) is 10.4 Å². The van der Waals surface area contributed by atoms with E-state index >= 15 is 0 Å². The highest BCUT2D eigenvalue weighted by atomic mass is 16.2. The molecule has 1 heterocycles. The van der Waals surface area contributed by atoms with Gasteiger partial charge in [-0.1, -0.05) is 0 Å². The molecule has 9 heteroatoms. The minimum Gasteiger partial charge on any atom is -0.354 e. The maximum Gasteiger partial charge on any atom is 0.282 e. The van der Waals surface area contributed by atoms with Crippen molar-refractivity contribution in [3.05, 3.63) is 12.0 Å². The van der Waals surface area contributed by atoms with Crippen LogP contribution < -0.4 is 16.1 Å². The molecule has 1 rings (SSSR count). The van der Waals surface area contributed by atoms with Crippen molar-refractivity contribution in [2.45, 2.75) is 0 Å². The Morgan fingerprint density at radius 3 is 2.72 bits per heavy atom. The summed E-state index contributed by atoms with van der Waals surface area (Å²) in [5.74, 6) is -0.920. The van der Waals surface area contributed by atoms with Crippen molar-refractivity contribution in [3.63, 3.8) is 0 Å². The Labute approximate surface area is 102 Å². The van der Waals surface area contributed by atoms with E-state index in [4.69, 9.17) is 5.26 Å². The number of aromatic nitrogens is 2. The molecule has 1 aromatic rings. The minimum atomic E-state index is -0.637. The number of nitrogens with zero attached hydrogens (tertiary/aromatic N) is 3. The quantitative estimate of drug-likeness (QED) is 0.393. The molecular weight excluding hydrogens is 238 g/mol. The average molecular weight is 249 g/mol. The third-order valence-electron chi connectivity index (χ3n) is 1.92. The smallest absolute Gasteiger partial charge is 0.282 e. The first-order chi connectivity index (χ1) is 8.63. The van der Waals surface area contributed by atoms with Crippen molar-refractivity contribution < 1.29 is 9.59 Å². The zero-order valence-corrected chi connectivity index (χ0v) is 9.74. The summed E-state index contributed by atoms with van der Waals surface area (Å²) in [7, 11) is 2.83. The number of rotatable bonds is 4. The fourth-order valence-corrected chi connectivity index (χ4v) is 1.03. The number of hydrogen-bond acceptors (Lipinski definition) is 6. The molecule has 0 atom stereocenters. The first-order valence-corrected chi connectivity index (χ1v) is 4.85. The van der Waals surface area contributed by atoms with E-state index in [0.717, 1.165) is 0 Å². The van der Waals surface area contributed by atoms with Crippen LogP contribution in [0.15, 0.2) is 11.4 Å². The van der Waals surface area contributed by atoms with E-state index in [2.05, 4.69) is 31.1 Å². The highest BCUT2D eigenvalue weighted by Crippen LogP contribution is 2.08. The highest BCUT2D eigenvalue weighted by molar-refractivity contribution is 6.45. The molecule has 0 radical (unpaired) electrons. The fraction of sp³-hybridized carbons (Fsp3) is 0.222. The SMILES string of the molecule is CNC(=O)C(C#N)=NNc1nc[nH]c1C(=O)NC. The molecule has 0 saturated heterocycles. The number of nitrogens with one attached hydrogen (secondary N) is 4. The number of carbonyl (C=O) groups excluding carboxylic acids is 2. The average Bonchev–Trinajstić information content (AvgIpc) is 2.86. The van der Waals surface area contributed by atoms with Gasteiger partial charge in [0.05, 0.1) is 6.33 Å². The van der Waals surface area contributed by atoms with Crippen LogP contribution in [0, 0.1) is 11.3 Å². The normalized spacial score (nSPS) is 10.4. The van der Waals surface area contributed by atoms with Crippen LogP contribution in [0.4, 0.5) is 5.82 Å². The van der Waals surface area contributed by atoms with Crippen LogP contribution >= 0.6 is 0 Å². The lowest BCUT2D eigenvalue weighted by molar-refractivity contribution is -0.114. The number of amides is 2. The Balaban J connectivity index is 2.89. The molecule has 0 fully saturated rings. The maximum atomic E-state index is 11.4. The number of hydrogen-bond donors (Lipinski definition) is 4. The van der Waals surface area contributed by atoms with Crippen LogP contribution in [-0.2, 0) is 4.79 Å². The van der Waals surface area contributed by atoms with Crippen LogP contribution in [-0.4, -0.2) is 41.6 Å². The number of aromatic amines is 1. The number of carbonyl (C=O) groups is 2. The van der Waals surface area contributed by atoms with Gasteiger partial charge in [0, 0.05) is 14.1 Å². The Bertz CT molecular complexity index is 525. The Hall–Kier alpha value is -2.89. The molecular formula is C9H11N7O2. The van der Waals surface area contributed by atoms with E-state index in [0.29, 0.717) is 0 Å². The number of nitriles is 1. The van der Waals surface area contributed by atoms with E-state index in [9.17, 15) is 9.59 Å². The summed E-state index contributed by atoms with van der Waals surface area (Å²) in [4.78, 5) is 29.0. The molecule has 1 aromatic heterocycles. The fourth-order valence-electron chi connectivity index (χ4n) is 1.03. The van der Waals surface area contributed by atoms with Crippen molar-refractivity contribution in [1.29, 1.82) is 5.26 Å². The molecule has 18 heavy (non-hydrogen) atoms. The zero-order chi connectivity index (χ0) is 13.5. The number of anilines is 1. The summed E-state index contributed by atoms with van der Waals surface area (Å²) >= 11 is 0. The zero-order valence-electron chi connectivity index (χ0n) is 9.74. The predicted molar refractivity (Wildman–Crippen MR) is 62.7 cm³/mol. The molecule has 9 nitrogen and oxygen atoms in total. The molecule has 2 amide bonds. The lowest BCUT2D eigenvalue weighted by Crippen LogP contribution is -2.27. The minimum absolute atomic E-state index is 0.117. The summed E-state index contributed by atoms with van der Waals surface area (Å²) in [5, 5.41) is 16.9. The van der Waals surface area contributed by atoms with Gasteiger partial charge in [-0.15, -0.1) is 0 Å². The molecule has 0 spiro atoms. The van der Waals surface area contributed by atoms with E-state index < -0.39 is 11.8 Å². The highest BCUT2D eigenvalue weighted by Gasteiger charge is 2.13. The van der Waals surface area contributed by atoms with Crippen LogP contribution in [0.3, 0.4) is 0 Å². The van der Waals surface area contributed by atoms with E-state index in [-0.39, 0.29) is 17.2 Å². The van der Waals surface area contributed by atoms with Crippen molar-refractivity contribution >= 4 is 23.3 Å². The second-order valence-electron chi connectivity index (χ2n) is 2.97. The molecule has 0 aliphatic carbocycles. The lowest BCUT2D eigenvalue weighted by atomic mass is 10.4. The van der Waals surface area contributed by atoms with E-state index in [1.165, 1.54) is 20.4 Å². The van der Waals surface area contributed by atoms with E-state index in [1.807, 2.05) is 0 Å². The molecule has 0 aromatic carbocycles. The first-order valence-electron chi connectivity index (χ1n) is 4.85. The molecule has 0 aliphatic heterocycles. The van der Waals surface area contributed by atoms with Gasteiger partial charge in [-0.05, 0) is 0 Å². The van der Waals surface area contributed by atoms with Crippen LogP contribution in [0.2, 0.25) is 0 Å². The van der Waals surface area contributed by atoms with Gasteiger partial charge >= 0.3 is 0 Å². The Kier molecular flexibility index (Phi) is 4.39. The van der Waals surface area contributed by atoms with Gasteiger partial charge in [-0.3, -0.25) is 15.0 Å². The van der Waals surface area contributed by atoms with Gasteiger partial charge in [-0.25, -0.2) is 4.98 Å². The van der Waals surface area contributed by atoms with Gasteiger partial charge in [0.2, 0.25) is 5.71 Å². The van der Waals surface area contributed by atoms with Crippen LogP contribution in [0.25, 0.3) is 0 Å². The molecule has 94 valence electrons. The Morgan fingerprint density at radius 2 is 2.17 bits per heavy atom. The van der Waals surface area contributed by atoms with Gasteiger partial charge in [0.1, 0.15) is 11.8 Å². The lowest BCUT2D eigenvalue weighted by Gasteiger charge is -2.01. The third-order valence-corrected chi connectivity index (χ3v) is 1.92. The monoisotopic (exact) mass is 249 g/mol. The van der Waals surface area contributed by atoms with Crippen molar-refractivity contribution in [2.24, 2.45) is 5.10 Å². The Morgan fingerprint density at radius 1 is 1.44 bits per heavy atom. The summed E-state index contributed by atoms with van der Waals surface area (Å²) in [6, 6.07) is 1.61. The van der Waals surface area contributed by atoms with Crippen LogP contribution in [0.1, 0.15) is 10.5 Å². The maximum absolute atomic E-state index is 11.4. The van der Waals surface area contributed by atoms with Gasteiger partial charge < -0.3 is 15.6 Å². The van der Waals surface area contributed by atoms with Gasteiger partial charge in [0.15, 0.2) is 5.82 Å².